The minimum atomic E-state index is 0.277. The third-order valence-corrected chi connectivity index (χ3v) is 7.57. The number of ether oxygens (including phenoxy) is 1. The summed E-state index contributed by atoms with van der Waals surface area (Å²) in [4.78, 5) is 24.6. The predicted molar refractivity (Wildman–Crippen MR) is 144 cm³/mol. The van der Waals surface area contributed by atoms with Gasteiger partial charge in [0, 0.05) is 36.4 Å². The van der Waals surface area contributed by atoms with E-state index in [-0.39, 0.29) is 6.10 Å². The SMILES string of the molecule is c1cc2[nH]c(-c3n[nH]c4cnc(-c5cncc(OC6CCCCC6)c5)cc34)nc2c(N2CCCCC2)n1. The Morgan fingerprint density at radius 3 is 2.65 bits per heavy atom. The Balaban J connectivity index is 1.23. The van der Waals surface area contributed by atoms with Gasteiger partial charge in [-0.3, -0.25) is 15.1 Å². The van der Waals surface area contributed by atoms with E-state index in [0.717, 1.165) is 82.2 Å². The number of hydrogen-bond acceptors (Lipinski definition) is 7. The molecule has 0 aromatic carbocycles. The van der Waals surface area contributed by atoms with E-state index in [4.69, 9.17) is 9.72 Å². The van der Waals surface area contributed by atoms with Gasteiger partial charge in [-0.25, -0.2) is 9.97 Å². The summed E-state index contributed by atoms with van der Waals surface area (Å²) >= 11 is 0. The van der Waals surface area contributed by atoms with Gasteiger partial charge in [0.25, 0.3) is 0 Å². The quantitative estimate of drug-likeness (QED) is 0.324. The Bertz CT molecular complexity index is 1540. The van der Waals surface area contributed by atoms with Crippen LogP contribution in [0.5, 0.6) is 5.75 Å². The molecule has 9 nitrogen and oxygen atoms in total. The van der Waals surface area contributed by atoms with Gasteiger partial charge < -0.3 is 14.6 Å². The lowest BCUT2D eigenvalue weighted by atomic mass is 9.98. The van der Waals surface area contributed by atoms with Crippen molar-refractivity contribution in [2.75, 3.05) is 18.0 Å². The van der Waals surface area contributed by atoms with E-state index in [9.17, 15) is 0 Å². The number of imidazole rings is 1. The maximum atomic E-state index is 6.24. The van der Waals surface area contributed by atoms with Crippen molar-refractivity contribution >= 4 is 27.8 Å². The molecule has 0 radical (unpaired) electrons. The van der Waals surface area contributed by atoms with E-state index >= 15 is 0 Å². The van der Waals surface area contributed by atoms with Gasteiger partial charge >= 0.3 is 0 Å². The van der Waals surface area contributed by atoms with Crippen molar-refractivity contribution in [3.05, 3.63) is 43.0 Å². The number of nitrogens with zero attached hydrogens (tertiary/aromatic N) is 6. The number of nitrogens with one attached hydrogen (secondary N) is 2. The van der Waals surface area contributed by atoms with Crippen LogP contribution in [-0.4, -0.2) is 54.3 Å². The Labute approximate surface area is 214 Å². The second kappa shape index (κ2) is 9.46. The zero-order valence-electron chi connectivity index (χ0n) is 20.8. The third kappa shape index (κ3) is 4.28. The molecular weight excluding hydrogens is 464 g/mol. The second-order valence-corrected chi connectivity index (χ2v) is 10.1. The fourth-order valence-corrected chi connectivity index (χ4v) is 5.62. The first-order chi connectivity index (χ1) is 18.3. The molecule has 0 bridgehead atoms. The molecule has 0 unspecified atom stereocenters. The van der Waals surface area contributed by atoms with Crippen molar-refractivity contribution in [1.29, 1.82) is 0 Å². The number of aromatic nitrogens is 7. The lowest BCUT2D eigenvalue weighted by Crippen LogP contribution is -2.30. The molecule has 5 aromatic heterocycles. The van der Waals surface area contributed by atoms with Crippen molar-refractivity contribution in [3.8, 4) is 28.5 Å². The zero-order valence-corrected chi connectivity index (χ0v) is 20.8. The first-order valence-electron chi connectivity index (χ1n) is 13.4. The van der Waals surface area contributed by atoms with Gasteiger partial charge in [0.05, 0.1) is 35.2 Å². The van der Waals surface area contributed by atoms with Crippen molar-refractivity contribution in [2.45, 2.75) is 57.5 Å². The second-order valence-electron chi connectivity index (χ2n) is 10.1. The van der Waals surface area contributed by atoms with E-state index in [1.807, 2.05) is 36.8 Å². The highest BCUT2D eigenvalue weighted by atomic mass is 16.5. The van der Waals surface area contributed by atoms with E-state index in [1.165, 1.54) is 38.5 Å². The topological polar surface area (TPSA) is 108 Å². The Kier molecular flexibility index (Phi) is 5.68. The molecule has 1 aliphatic heterocycles. The highest BCUT2D eigenvalue weighted by Crippen LogP contribution is 2.32. The largest absolute Gasteiger partial charge is 0.489 e. The Hall–Kier alpha value is -4.01. The summed E-state index contributed by atoms with van der Waals surface area (Å²) in [7, 11) is 0. The number of fused-ring (bicyclic) bond motifs is 2. The number of aromatic amines is 2. The number of anilines is 1. The standard InChI is InChI=1S/C28H30N8O/c1-3-7-19(8-4-1)37-20-13-18(15-29-16-20)23-14-21-24(17-31-23)34-35-25(21)27-32-22-9-10-30-28(26(22)33-27)36-11-5-2-6-12-36/h9-10,13-17,19H,1-8,11-12H2,(H,32,33)(H,34,35). The monoisotopic (exact) mass is 494 g/mol. The molecular formula is C28H30N8O. The van der Waals surface area contributed by atoms with Gasteiger partial charge in [-0.1, -0.05) is 6.42 Å². The molecule has 0 atom stereocenters. The number of hydrogen-bond donors (Lipinski definition) is 2. The van der Waals surface area contributed by atoms with E-state index in [0.29, 0.717) is 0 Å². The zero-order chi connectivity index (χ0) is 24.6. The molecule has 0 spiro atoms. The van der Waals surface area contributed by atoms with Crippen LogP contribution in [-0.2, 0) is 0 Å². The molecule has 1 aliphatic carbocycles. The average Bonchev–Trinajstić information content (AvgIpc) is 3.58. The maximum absolute atomic E-state index is 6.24. The van der Waals surface area contributed by atoms with Gasteiger partial charge in [-0.15, -0.1) is 0 Å². The molecule has 5 aromatic rings. The molecule has 188 valence electrons. The van der Waals surface area contributed by atoms with Crippen LogP contribution in [0.1, 0.15) is 51.4 Å². The van der Waals surface area contributed by atoms with Crippen molar-refractivity contribution < 1.29 is 4.74 Å². The first-order valence-corrected chi connectivity index (χ1v) is 13.4. The lowest BCUT2D eigenvalue weighted by Gasteiger charge is -2.27. The Morgan fingerprint density at radius 2 is 1.76 bits per heavy atom. The Morgan fingerprint density at radius 1 is 0.892 bits per heavy atom. The molecule has 0 amide bonds. The maximum Gasteiger partial charge on any atom is 0.159 e. The van der Waals surface area contributed by atoms with Crippen molar-refractivity contribution in [3.63, 3.8) is 0 Å². The fourth-order valence-electron chi connectivity index (χ4n) is 5.62. The highest BCUT2D eigenvalue weighted by molar-refractivity contribution is 5.96. The summed E-state index contributed by atoms with van der Waals surface area (Å²) in [5, 5.41) is 8.67. The third-order valence-electron chi connectivity index (χ3n) is 7.57. The van der Waals surface area contributed by atoms with Gasteiger partial charge in [0.2, 0.25) is 0 Å². The van der Waals surface area contributed by atoms with E-state index in [2.05, 4.69) is 35.0 Å². The normalized spacial score (nSPS) is 17.0. The first kappa shape index (κ1) is 22.2. The fraction of sp³-hybridized carbons (Fsp3) is 0.393. The molecule has 7 rings (SSSR count). The van der Waals surface area contributed by atoms with Gasteiger partial charge in [-0.2, -0.15) is 5.10 Å². The van der Waals surface area contributed by atoms with Gasteiger partial charge in [0.1, 0.15) is 17.0 Å². The van der Waals surface area contributed by atoms with Crippen LogP contribution < -0.4 is 9.64 Å². The van der Waals surface area contributed by atoms with E-state index < -0.39 is 0 Å². The highest BCUT2D eigenvalue weighted by Gasteiger charge is 2.20. The molecule has 9 heteroatoms. The molecule has 6 heterocycles. The minimum Gasteiger partial charge on any atom is -0.489 e. The molecule has 2 N–H and O–H groups in total. The molecule has 2 aliphatic rings. The smallest absolute Gasteiger partial charge is 0.159 e. The van der Waals surface area contributed by atoms with Crippen LogP contribution in [0, 0.1) is 0 Å². The molecule has 2 fully saturated rings. The van der Waals surface area contributed by atoms with Crippen LogP contribution in [0.4, 0.5) is 5.82 Å². The number of rotatable bonds is 5. The van der Waals surface area contributed by atoms with E-state index in [1.54, 1.807) is 6.20 Å². The van der Waals surface area contributed by atoms with Crippen LogP contribution in [0.25, 0.3) is 44.7 Å². The summed E-state index contributed by atoms with van der Waals surface area (Å²) in [6.45, 7) is 2.04. The number of piperidine rings is 1. The average molecular weight is 495 g/mol. The summed E-state index contributed by atoms with van der Waals surface area (Å²) in [5.41, 5.74) is 5.22. The summed E-state index contributed by atoms with van der Waals surface area (Å²) in [6.07, 6.45) is 17.2. The van der Waals surface area contributed by atoms with Gasteiger partial charge in [-0.05, 0) is 63.1 Å². The molecule has 37 heavy (non-hydrogen) atoms. The lowest BCUT2D eigenvalue weighted by molar-refractivity contribution is 0.154. The van der Waals surface area contributed by atoms with Crippen LogP contribution in [0.15, 0.2) is 43.0 Å². The van der Waals surface area contributed by atoms with Crippen LogP contribution in [0.2, 0.25) is 0 Å². The van der Waals surface area contributed by atoms with Crippen molar-refractivity contribution in [1.82, 2.24) is 35.1 Å². The minimum absolute atomic E-state index is 0.277. The van der Waals surface area contributed by atoms with Crippen LogP contribution in [0.3, 0.4) is 0 Å². The number of pyridine rings is 3. The van der Waals surface area contributed by atoms with Crippen molar-refractivity contribution in [2.24, 2.45) is 0 Å². The van der Waals surface area contributed by atoms with Crippen LogP contribution >= 0.6 is 0 Å². The van der Waals surface area contributed by atoms with Gasteiger partial charge in [0.15, 0.2) is 11.6 Å². The summed E-state index contributed by atoms with van der Waals surface area (Å²) in [5.74, 6) is 2.47. The summed E-state index contributed by atoms with van der Waals surface area (Å²) < 4.78 is 6.24. The number of H-pyrrole nitrogens is 2. The molecule has 1 saturated carbocycles. The predicted octanol–water partition coefficient (Wildman–Crippen LogP) is 5.66. The summed E-state index contributed by atoms with van der Waals surface area (Å²) in [6, 6.07) is 6.06. The molecule has 1 saturated heterocycles.